The van der Waals surface area contributed by atoms with Crippen LogP contribution in [-0.4, -0.2) is 17.0 Å². The van der Waals surface area contributed by atoms with Crippen molar-refractivity contribution in [2.24, 2.45) is 0 Å². The molecule has 1 N–H and O–H groups in total. The van der Waals surface area contributed by atoms with Gasteiger partial charge in [-0.15, -0.1) is 0 Å². The van der Waals surface area contributed by atoms with Crippen molar-refractivity contribution < 1.29 is 9.90 Å². The predicted octanol–water partition coefficient (Wildman–Crippen LogP) is -0.253. The average Bonchev–Trinajstić information content (AvgIpc) is 1.61. The van der Waals surface area contributed by atoms with E-state index in [-0.39, 0.29) is 6.61 Å². The molecule has 0 amide bonds. The molecular weight excluding hydrogens is 115 g/mol. The molecule has 0 aromatic heterocycles. The summed E-state index contributed by atoms with van der Waals surface area (Å²) < 4.78 is 0. The lowest BCUT2D eigenvalue weighted by molar-refractivity contribution is -0.107. The molecule has 0 bridgehead atoms. The summed E-state index contributed by atoms with van der Waals surface area (Å²) in [5, 5.41) is 7.19. The van der Waals surface area contributed by atoms with Gasteiger partial charge in [-0.2, -0.15) is 0 Å². The van der Waals surface area contributed by atoms with Gasteiger partial charge < -0.3 is 5.11 Å². The number of aliphatic hydroxyl groups excluding tert-OH is 1. The maximum Gasteiger partial charge on any atom is 0.296 e. The van der Waals surface area contributed by atoms with Crippen molar-refractivity contribution in [3.05, 3.63) is 0 Å². The third kappa shape index (κ3) is 5.48. The van der Waals surface area contributed by atoms with Gasteiger partial charge in [0.15, 0.2) is 0 Å². The fourth-order valence-corrected chi connectivity index (χ4v) is 0.176. The summed E-state index contributed by atoms with van der Waals surface area (Å²) in [6.45, 7) is -0.321. The summed E-state index contributed by atoms with van der Waals surface area (Å²) in [5.41, 5.74) is 0. The molecule has 0 fully saturated rings. The van der Waals surface area contributed by atoms with Gasteiger partial charge in [0, 0.05) is 0 Å². The van der Waals surface area contributed by atoms with Crippen LogP contribution in [0.4, 0.5) is 0 Å². The first-order chi connectivity index (χ1) is 3.27. The highest BCUT2D eigenvalue weighted by molar-refractivity contribution is 6.68. The summed E-state index contributed by atoms with van der Waals surface area (Å²) in [5.74, 6) is 3.99. The Kier molecular flexibility index (Phi) is 3.39. The number of hydrogen-bond acceptors (Lipinski definition) is 2. The lowest BCUT2D eigenvalue weighted by Gasteiger charge is -1.65. The van der Waals surface area contributed by atoms with Gasteiger partial charge in [0.25, 0.3) is 5.24 Å². The second-order valence-corrected chi connectivity index (χ2v) is 1.08. The van der Waals surface area contributed by atoms with Crippen molar-refractivity contribution in [2.75, 3.05) is 6.61 Å². The van der Waals surface area contributed by atoms with E-state index in [1.165, 1.54) is 0 Å². The Morgan fingerprint density at radius 3 is 2.57 bits per heavy atom. The number of rotatable bonds is 0. The van der Waals surface area contributed by atoms with E-state index in [1.54, 1.807) is 0 Å². The van der Waals surface area contributed by atoms with E-state index in [1.807, 2.05) is 5.92 Å². The standard InChI is InChI=1S/C4H3ClO2/c5-4(7)2-1-3-6/h6H,3H2. The van der Waals surface area contributed by atoms with Gasteiger partial charge in [0.2, 0.25) is 0 Å². The Morgan fingerprint density at radius 1 is 1.86 bits per heavy atom. The van der Waals surface area contributed by atoms with Crippen LogP contribution < -0.4 is 0 Å². The van der Waals surface area contributed by atoms with Crippen LogP contribution in [0, 0.1) is 11.8 Å². The van der Waals surface area contributed by atoms with Gasteiger partial charge in [0.05, 0.1) is 0 Å². The quantitative estimate of drug-likeness (QED) is 0.352. The molecule has 0 aromatic carbocycles. The first-order valence-electron chi connectivity index (χ1n) is 1.56. The molecule has 0 aliphatic rings. The molecule has 38 valence electrons. The summed E-state index contributed by atoms with van der Waals surface area (Å²) in [4.78, 5) is 9.68. The summed E-state index contributed by atoms with van der Waals surface area (Å²) in [6, 6.07) is 0. The number of aliphatic hydroxyl groups is 1. The molecule has 0 rings (SSSR count). The molecule has 7 heavy (non-hydrogen) atoms. The van der Waals surface area contributed by atoms with Crippen molar-refractivity contribution in [1.29, 1.82) is 0 Å². The number of carbonyl (C=O) groups is 1. The minimum atomic E-state index is -0.742. The van der Waals surface area contributed by atoms with Crippen LogP contribution in [0.1, 0.15) is 0 Å². The molecule has 0 unspecified atom stereocenters. The topological polar surface area (TPSA) is 37.3 Å². The van der Waals surface area contributed by atoms with E-state index in [9.17, 15) is 4.79 Å². The zero-order chi connectivity index (χ0) is 5.70. The van der Waals surface area contributed by atoms with Gasteiger partial charge in [-0.3, -0.25) is 4.79 Å². The van der Waals surface area contributed by atoms with Crippen molar-refractivity contribution in [1.82, 2.24) is 0 Å². The van der Waals surface area contributed by atoms with Gasteiger partial charge in [-0.25, -0.2) is 0 Å². The molecule has 0 aliphatic carbocycles. The maximum absolute atomic E-state index is 9.68. The highest BCUT2D eigenvalue weighted by Gasteiger charge is 1.78. The van der Waals surface area contributed by atoms with Crippen LogP contribution in [0.15, 0.2) is 0 Å². The lowest BCUT2D eigenvalue weighted by Crippen LogP contribution is -1.77. The number of halogens is 1. The molecule has 0 spiro atoms. The molecule has 0 radical (unpaired) electrons. The zero-order valence-electron chi connectivity index (χ0n) is 3.44. The fraction of sp³-hybridized carbons (Fsp3) is 0.250. The van der Waals surface area contributed by atoms with Gasteiger partial charge in [-0.05, 0) is 17.5 Å². The second-order valence-electron chi connectivity index (χ2n) is 0.734. The Morgan fingerprint density at radius 2 is 2.43 bits per heavy atom. The normalized spacial score (nSPS) is 6.57. The Balaban J connectivity index is 3.45. The Hall–Kier alpha value is -0.520. The van der Waals surface area contributed by atoms with Crippen LogP contribution in [0.5, 0.6) is 0 Å². The summed E-state index contributed by atoms with van der Waals surface area (Å²) >= 11 is 4.73. The van der Waals surface area contributed by atoms with Crippen LogP contribution >= 0.6 is 11.6 Å². The third-order valence-electron chi connectivity index (χ3n) is 0.266. The van der Waals surface area contributed by atoms with Crippen molar-refractivity contribution in [2.45, 2.75) is 0 Å². The Bertz CT molecular complexity index is 119. The molecule has 2 nitrogen and oxygen atoms in total. The molecule has 0 aromatic rings. The van der Waals surface area contributed by atoms with E-state index >= 15 is 0 Å². The van der Waals surface area contributed by atoms with Crippen molar-refractivity contribution >= 4 is 16.8 Å². The minimum Gasteiger partial charge on any atom is -0.384 e. The van der Waals surface area contributed by atoms with E-state index in [0.29, 0.717) is 0 Å². The van der Waals surface area contributed by atoms with E-state index in [4.69, 9.17) is 16.7 Å². The first-order valence-corrected chi connectivity index (χ1v) is 1.94. The van der Waals surface area contributed by atoms with Gasteiger partial charge in [0.1, 0.15) is 6.61 Å². The molecule has 0 heterocycles. The monoisotopic (exact) mass is 118 g/mol. The molecule has 0 atom stereocenters. The number of carbonyl (C=O) groups excluding carboxylic acids is 1. The maximum atomic E-state index is 9.68. The van der Waals surface area contributed by atoms with E-state index in [0.717, 1.165) is 0 Å². The largest absolute Gasteiger partial charge is 0.384 e. The van der Waals surface area contributed by atoms with Crippen LogP contribution in [0.2, 0.25) is 0 Å². The SMILES string of the molecule is O=C(Cl)C#CCO. The average molecular weight is 119 g/mol. The second kappa shape index (κ2) is 3.66. The van der Waals surface area contributed by atoms with Gasteiger partial charge in [-0.1, -0.05) is 5.92 Å². The Labute approximate surface area is 46.1 Å². The predicted molar refractivity (Wildman–Crippen MR) is 25.7 cm³/mol. The molecule has 3 heteroatoms. The molecule has 0 saturated carbocycles. The van der Waals surface area contributed by atoms with Gasteiger partial charge >= 0.3 is 0 Å². The highest BCUT2D eigenvalue weighted by atomic mass is 35.5. The van der Waals surface area contributed by atoms with Crippen LogP contribution in [-0.2, 0) is 4.79 Å². The summed E-state index contributed by atoms with van der Waals surface area (Å²) in [7, 11) is 0. The molecule has 0 saturated heterocycles. The highest BCUT2D eigenvalue weighted by Crippen LogP contribution is 1.71. The molecule has 0 aliphatic heterocycles. The third-order valence-corrected chi connectivity index (χ3v) is 0.360. The van der Waals surface area contributed by atoms with Crippen LogP contribution in [0.25, 0.3) is 0 Å². The number of hydrogen-bond donors (Lipinski definition) is 1. The van der Waals surface area contributed by atoms with Crippen molar-refractivity contribution in [3.8, 4) is 11.8 Å². The molecular formula is C4H3ClO2. The first kappa shape index (κ1) is 6.48. The van der Waals surface area contributed by atoms with Crippen LogP contribution in [0.3, 0.4) is 0 Å². The fourth-order valence-electron chi connectivity index (χ4n) is 0.109. The minimum absolute atomic E-state index is 0.321. The van der Waals surface area contributed by atoms with Crippen molar-refractivity contribution in [3.63, 3.8) is 0 Å². The van der Waals surface area contributed by atoms with E-state index in [2.05, 4.69) is 5.92 Å². The summed E-state index contributed by atoms with van der Waals surface area (Å²) in [6.07, 6.45) is 0. The zero-order valence-corrected chi connectivity index (χ0v) is 4.20. The lowest BCUT2D eigenvalue weighted by atomic mass is 10.6. The van der Waals surface area contributed by atoms with E-state index < -0.39 is 5.24 Å². The smallest absolute Gasteiger partial charge is 0.296 e.